The fourth-order valence-corrected chi connectivity index (χ4v) is 3.26. The summed E-state index contributed by atoms with van der Waals surface area (Å²) in [6.07, 6.45) is 4.59. The molecule has 9 heteroatoms. The van der Waals surface area contributed by atoms with E-state index in [1.165, 1.54) is 0 Å². The number of methoxy groups -OCH3 is 1. The van der Waals surface area contributed by atoms with Crippen LogP contribution in [0, 0.1) is 12.8 Å². The van der Waals surface area contributed by atoms with E-state index in [4.69, 9.17) is 8.92 Å². The smallest absolute Gasteiger partial charge is 0.264 e. The number of likely N-dealkylation sites (tertiary alicyclic amines) is 1. The Kier molecular flexibility index (Phi) is 5.01. The molecule has 0 bridgehead atoms. The Morgan fingerprint density at radius 2 is 2.08 bits per heavy atom. The molecule has 0 atom stereocenters. The van der Waals surface area contributed by atoms with Gasteiger partial charge in [0.2, 0.25) is 0 Å². The molecule has 0 N–H and O–H groups in total. The number of hydrogen-bond donors (Lipinski definition) is 0. The maximum atomic E-state index is 12.6. The molecule has 1 aliphatic heterocycles. The normalized spacial score (nSPS) is 15.0. The highest BCUT2D eigenvalue weighted by Gasteiger charge is 2.32. The van der Waals surface area contributed by atoms with Crippen LogP contribution in [0.1, 0.15) is 16.1 Å². The summed E-state index contributed by atoms with van der Waals surface area (Å²) in [5.74, 6) is 0.488. The molecule has 1 amide bonds. The number of ether oxygens (including phenoxy) is 1. The van der Waals surface area contributed by atoms with Crippen molar-refractivity contribution in [2.45, 2.75) is 6.92 Å². The molecule has 1 fully saturated rings. The highest BCUT2D eigenvalue weighted by Crippen LogP contribution is 2.27. The molecule has 0 unspecified atom stereocenters. The van der Waals surface area contributed by atoms with Gasteiger partial charge in [0.1, 0.15) is 5.75 Å². The first kappa shape index (κ1) is 18.4. The number of hydrogen-bond acceptors (Lipinski definition) is 6. The minimum atomic E-state index is -3.45. The van der Waals surface area contributed by atoms with Crippen molar-refractivity contribution in [1.82, 2.24) is 14.5 Å². The molecule has 3 rings (SSSR count). The third-order valence-electron chi connectivity index (χ3n) is 4.18. The van der Waals surface area contributed by atoms with E-state index in [9.17, 15) is 13.2 Å². The van der Waals surface area contributed by atoms with Crippen LogP contribution in [0.3, 0.4) is 0 Å². The molecule has 26 heavy (non-hydrogen) atoms. The molecule has 140 valence electrons. The summed E-state index contributed by atoms with van der Waals surface area (Å²) in [5, 5.41) is 0. The monoisotopic (exact) mass is 379 g/mol. The van der Waals surface area contributed by atoms with Gasteiger partial charge in [0.15, 0.2) is 0 Å². The van der Waals surface area contributed by atoms with Gasteiger partial charge >= 0.3 is 0 Å². The van der Waals surface area contributed by atoms with Crippen LogP contribution in [-0.2, 0) is 14.3 Å². The average Bonchev–Trinajstić information content (AvgIpc) is 2.97. The number of aromatic nitrogens is 2. The maximum Gasteiger partial charge on any atom is 0.264 e. The van der Waals surface area contributed by atoms with Crippen molar-refractivity contribution >= 4 is 16.0 Å². The second-order valence-corrected chi connectivity index (χ2v) is 8.02. The summed E-state index contributed by atoms with van der Waals surface area (Å²) < 4.78 is 34.1. The third kappa shape index (κ3) is 4.05. The van der Waals surface area contributed by atoms with Crippen molar-refractivity contribution in [3.05, 3.63) is 42.0 Å². The second-order valence-electron chi connectivity index (χ2n) is 6.37. The van der Waals surface area contributed by atoms with Gasteiger partial charge in [-0.05, 0) is 25.1 Å². The first-order chi connectivity index (χ1) is 12.3. The Labute approximate surface area is 152 Å². The summed E-state index contributed by atoms with van der Waals surface area (Å²) >= 11 is 0. The topological polar surface area (TPSA) is 90.7 Å². The number of benzene rings is 1. The van der Waals surface area contributed by atoms with Crippen molar-refractivity contribution in [1.29, 1.82) is 0 Å². The summed E-state index contributed by atoms with van der Waals surface area (Å²) in [5.41, 5.74) is 2.20. The Hall–Kier alpha value is -2.39. The number of aryl methyl sites for hydroxylation is 1. The number of amides is 1. The Balaban J connectivity index is 1.67. The lowest BCUT2D eigenvalue weighted by Gasteiger charge is -2.38. The van der Waals surface area contributed by atoms with Gasteiger partial charge in [-0.2, -0.15) is 8.42 Å². The molecule has 2 aromatic rings. The molecule has 1 saturated heterocycles. The van der Waals surface area contributed by atoms with Crippen LogP contribution in [0.25, 0.3) is 5.69 Å². The lowest BCUT2D eigenvalue weighted by molar-refractivity contribution is 0.0402. The van der Waals surface area contributed by atoms with Gasteiger partial charge in [-0.15, -0.1) is 0 Å². The molecule has 0 aliphatic carbocycles. The summed E-state index contributed by atoms with van der Waals surface area (Å²) in [6, 6.07) is 5.26. The molecule has 8 nitrogen and oxygen atoms in total. The zero-order valence-electron chi connectivity index (χ0n) is 14.9. The van der Waals surface area contributed by atoms with Gasteiger partial charge in [0, 0.05) is 30.8 Å². The van der Waals surface area contributed by atoms with E-state index < -0.39 is 10.1 Å². The van der Waals surface area contributed by atoms with Crippen LogP contribution in [0.2, 0.25) is 0 Å². The molecule has 0 radical (unpaired) electrons. The number of rotatable bonds is 6. The van der Waals surface area contributed by atoms with E-state index in [0.717, 1.165) is 17.6 Å². The summed E-state index contributed by atoms with van der Waals surface area (Å²) in [6.45, 7) is 2.94. The lowest BCUT2D eigenvalue weighted by atomic mass is 10.00. The zero-order chi connectivity index (χ0) is 18.9. The number of imidazole rings is 1. The molecule has 1 aromatic carbocycles. The van der Waals surface area contributed by atoms with Crippen LogP contribution in [0.4, 0.5) is 0 Å². The van der Waals surface area contributed by atoms with Crippen LogP contribution >= 0.6 is 0 Å². The van der Waals surface area contributed by atoms with Crippen LogP contribution in [0.5, 0.6) is 5.75 Å². The fourth-order valence-electron chi connectivity index (χ4n) is 2.82. The Bertz CT molecular complexity index is 916. The van der Waals surface area contributed by atoms with Gasteiger partial charge in [0.05, 0.1) is 37.7 Å². The molecule has 0 saturated carbocycles. The molecular formula is C17H21N3O5S. The van der Waals surface area contributed by atoms with Gasteiger partial charge in [-0.1, -0.05) is 0 Å². The van der Waals surface area contributed by atoms with E-state index in [1.807, 2.05) is 23.8 Å². The Morgan fingerprint density at radius 1 is 1.35 bits per heavy atom. The van der Waals surface area contributed by atoms with Crippen LogP contribution < -0.4 is 4.74 Å². The lowest BCUT2D eigenvalue weighted by Crippen LogP contribution is -2.51. The van der Waals surface area contributed by atoms with Crippen molar-refractivity contribution in [3.63, 3.8) is 0 Å². The van der Waals surface area contributed by atoms with Crippen molar-refractivity contribution < 1.29 is 22.1 Å². The SMILES string of the molecule is COc1cc(C(=O)N2CC(COS(C)(=O)=O)C2)ccc1-n1cnc(C)c1. The van der Waals surface area contributed by atoms with E-state index in [-0.39, 0.29) is 18.4 Å². The highest BCUT2D eigenvalue weighted by molar-refractivity contribution is 7.85. The van der Waals surface area contributed by atoms with E-state index >= 15 is 0 Å². The van der Waals surface area contributed by atoms with Gasteiger partial charge in [-0.3, -0.25) is 8.98 Å². The second kappa shape index (κ2) is 7.08. The number of nitrogens with zero attached hydrogens (tertiary/aromatic N) is 3. The van der Waals surface area contributed by atoms with Crippen molar-refractivity contribution in [2.24, 2.45) is 5.92 Å². The quantitative estimate of drug-likeness (QED) is 0.702. The molecule has 1 aliphatic rings. The first-order valence-corrected chi connectivity index (χ1v) is 9.91. The fraction of sp³-hybridized carbons (Fsp3) is 0.412. The average molecular weight is 379 g/mol. The minimum Gasteiger partial charge on any atom is -0.495 e. The predicted molar refractivity (Wildman–Crippen MR) is 95.0 cm³/mol. The Morgan fingerprint density at radius 3 is 2.65 bits per heavy atom. The van der Waals surface area contributed by atoms with E-state index in [1.54, 1.807) is 30.5 Å². The molecule has 0 spiro atoms. The van der Waals surface area contributed by atoms with E-state index in [2.05, 4.69) is 4.98 Å². The molecular weight excluding hydrogens is 358 g/mol. The number of carbonyl (C=O) groups is 1. The maximum absolute atomic E-state index is 12.6. The first-order valence-electron chi connectivity index (χ1n) is 8.09. The van der Waals surface area contributed by atoms with Gasteiger partial charge in [-0.25, -0.2) is 4.98 Å². The summed E-state index contributed by atoms with van der Waals surface area (Å²) in [7, 11) is -1.90. The third-order valence-corrected chi connectivity index (χ3v) is 4.74. The van der Waals surface area contributed by atoms with Gasteiger partial charge < -0.3 is 14.2 Å². The standard InChI is InChI=1S/C17H21N3O5S/c1-12-7-20(11-18-12)15-5-4-14(6-16(15)24-2)17(21)19-8-13(9-19)10-25-26(3,22)23/h4-7,11,13H,8-10H2,1-3H3. The molecule has 2 heterocycles. The van der Waals surface area contributed by atoms with Crippen molar-refractivity contribution in [3.8, 4) is 11.4 Å². The highest BCUT2D eigenvalue weighted by atomic mass is 32.2. The predicted octanol–water partition coefficient (Wildman–Crippen LogP) is 1.24. The molecule has 1 aromatic heterocycles. The largest absolute Gasteiger partial charge is 0.495 e. The van der Waals surface area contributed by atoms with Gasteiger partial charge in [0.25, 0.3) is 16.0 Å². The number of carbonyl (C=O) groups excluding carboxylic acids is 1. The summed E-state index contributed by atoms with van der Waals surface area (Å²) in [4.78, 5) is 18.4. The zero-order valence-corrected chi connectivity index (χ0v) is 15.7. The van der Waals surface area contributed by atoms with Crippen LogP contribution in [-0.4, -0.2) is 61.8 Å². The van der Waals surface area contributed by atoms with E-state index in [0.29, 0.717) is 24.4 Å². The minimum absolute atomic E-state index is 0.0313. The van der Waals surface area contributed by atoms with Crippen LogP contribution in [0.15, 0.2) is 30.7 Å². The van der Waals surface area contributed by atoms with Crippen molar-refractivity contribution in [2.75, 3.05) is 33.1 Å².